The van der Waals surface area contributed by atoms with Crippen molar-refractivity contribution in [1.82, 2.24) is 9.55 Å². The van der Waals surface area contributed by atoms with Crippen molar-refractivity contribution in [3.8, 4) is 11.2 Å². The largest absolute Gasteiger partial charge is 0.321 e. The lowest BCUT2D eigenvalue weighted by atomic mass is 10.2. The predicted molar refractivity (Wildman–Crippen MR) is 80.6 cm³/mol. The predicted octanol–water partition coefficient (Wildman–Crippen LogP) is 3.06. The first-order valence-electron chi connectivity index (χ1n) is 6.16. The fourth-order valence-corrected chi connectivity index (χ4v) is 2.58. The molecule has 3 rings (SSSR count). The number of hydrogen-bond acceptors (Lipinski definition) is 4. The molecule has 6 heteroatoms. The van der Waals surface area contributed by atoms with E-state index in [-0.39, 0.29) is 5.91 Å². The smallest absolute Gasteiger partial charge is 0.275 e. The minimum Gasteiger partial charge on any atom is -0.321 e. The van der Waals surface area contributed by atoms with Gasteiger partial charge in [-0.1, -0.05) is 6.07 Å². The maximum absolute atomic E-state index is 12.1. The Morgan fingerprint density at radius 1 is 1.29 bits per heavy atom. The van der Waals surface area contributed by atoms with E-state index in [4.69, 9.17) is 5.26 Å². The minimum absolute atomic E-state index is 0.292. The first kappa shape index (κ1) is 13.1. The van der Waals surface area contributed by atoms with Crippen LogP contribution in [0.4, 0.5) is 5.69 Å². The summed E-state index contributed by atoms with van der Waals surface area (Å²) in [6.45, 7) is 0. The van der Waals surface area contributed by atoms with Crippen LogP contribution >= 0.6 is 11.3 Å². The summed E-state index contributed by atoms with van der Waals surface area (Å²) >= 11 is 1.39. The van der Waals surface area contributed by atoms with E-state index >= 15 is 0 Å². The highest BCUT2D eigenvalue weighted by atomic mass is 32.1. The molecule has 2 heterocycles. The van der Waals surface area contributed by atoms with Gasteiger partial charge in [0.2, 0.25) is 0 Å². The van der Waals surface area contributed by atoms with E-state index in [2.05, 4.69) is 10.3 Å². The molecule has 0 radical (unpaired) electrons. The second-order valence-electron chi connectivity index (χ2n) is 4.25. The number of nitrogens with zero attached hydrogens (tertiary/aromatic N) is 3. The van der Waals surface area contributed by atoms with Gasteiger partial charge in [0.1, 0.15) is 5.69 Å². The molecule has 5 nitrogen and oxygen atoms in total. The van der Waals surface area contributed by atoms with Crippen LogP contribution in [0, 0.1) is 11.3 Å². The Bertz CT molecular complexity index is 814. The maximum Gasteiger partial charge on any atom is 0.275 e. The minimum atomic E-state index is -0.292. The van der Waals surface area contributed by atoms with Gasteiger partial charge in [-0.25, -0.2) is 4.98 Å². The number of anilines is 1. The van der Waals surface area contributed by atoms with Gasteiger partial charge in [0, 0.05) is 23.5 Å². The number of benzene rings is 1. The molecule has 1 N–H and O–H groups in total. The average molecular weight is 294 g/mol. The molecule has 21 heavy (non-hydrogen) atoms. The first-order valence-corrected chi connectivity index (χ1v) is 7.04. The zero-order chi connectivity index (χ0) is 14.7. The van der Waals surface area contributed by atoms with Gasteiger partial charge >= 0.3 is 0 Å². The Balaban J connectivity index is 1.78. The molecule has 0 bridgehead atoms. The van der Waals surface area contributed by atoms with E-state index in [0.29, 0.717) is 16.9 Å². The van der Waals surface area contributed by atoms with Gasteiger partial charge in [-0.3, -0.25) is 4.79 Å². The maximum atomic E-state index is 12.1. The number of amides is 1. The lowest BCUT2D eigenvalue weighted by Gasteiger charge is -2.03. The van der Waals surface area contributed by atoms with E-state index in [1.54, 1.807) is 29.6 Å². The third-order valence-electron chi connectivity index (χ3n) is 2.80. The summed E-state index contributed by atoms with van der Waals surface area (Å²) in [5, 5.41) is 14.0. The molecule has 0 aliphatic heterocycles. The van der Waals surface area contributed by atoms with E-state index in [1.807, 2.05) is 35.2 Å². The third-order valence-corrected chi connectivity index (χ3v) is 3.65. The second-order valence-corrected chi connectivity index (χ2v) is 5.09. The Labute approximate surface area is 125 Å². The van der Waals surface area contributed by atoms with Crippen LogP contribution in [0.15, 0.2) is 54.2 Å². The standard InChI is InChI=1S/C15H10N4OS/c16-9-11-4-3-5-12(8-11)17-14(20)13-10-21-15(18-13)19-6-1-2-7-19/h1-8,10H,(H,17,20). The number of aromatic nitrogens is 2. The summed E-state index contributed by atoms with van der Waals surface area (Å²) in [6, 6.07) is 12.6. The van der Waals surface area contributed by atoms with Crippen LogP contribution in [-0.2, 0) is 0 Å². The Morgan fingerprint density at radius 2 is 2.10 bits per heavy atom. The summed E-state index contributed by atoms with van der Waals surface area (Å²) < 4.78 is 1.84. The monoisotopic (exact) mass is 294 g/mol. The number of hydrogen-bond donors (Lipinski definition) is 1. The van der Waals surface area contributed by atoms with Gasteiger partial charge in [-0.2, -0.15) is 5.26 Å². The van der Waals surface area contributed by atoms with Crippen LogP contribution in [0.2, 0.25) is 0 Å². The topological polar surface area (TPSA) is 70.7 Å². The molecule has 102 valence electrons. The summed E-state index contributed by atoms with van der Waals surface area (Å²) in [5.74, 6) is -0.292. The van der Waals surface area contributed by atoms with Crippen molar-refractivity contribution in [2.75, 3.05) is 5.32 Å². The van der Waals surface area contributed by atoms with E-state index < -0.39 is 0 Å². The van der Waals surface area contributed by atoms with Crippen molar-refractivity contribution >= 4 is 22.9 Å². The van der Waals surface area contributed by atoms with E-state index in [9.17, 15) is 4.79 Å². The molecule has 0 unspecified atom stereocenters. The summed E-state index contributed by atoms with van der Waals surface area (Å²) in [5.41, 5.74) is 1.43. The number of nitriles is 1. The molecule has 0 saturated carbocycles. The number of rotatable bonds is 3. The van der Waals surface area contributed by atoms with Crippen molar-refractivity contribution in [2.24, 2.45) is 0 Å². The van der Waals surface area contributed by atoms with Gasteiger partial charge in [0.25, 0.3) is 5.91 Å². The van der Waals surface area contributed by atoms with E-state index in [1.165, 1.54) is 11.3 Å². The van der Waals surface area contributed by atoms with Crippen LogP contribution in [-0.4, -0.2) is 15.5 Å². The molecule has 0 spiro atoms. The Kier molecular flexibility index (Phi) is 3.50. The SMILES string of the molecule is N#Cc1cccc(NC(=O)c2csc(-n3cccc3)n2)c1. The highest BCUT2D eigenvalue weighted by Gasteiger charge is 2.11. The molecule has 1 aromatic carbocycles. The zero-order valence-corrected chi connectivity index (χ0v) is 11.7. The van der Waals surface area contributed by atoms with Crippen molar-refractivity contribution in [2.45, 2.75) is 0 Å². The lowest BCUT2D eigenvalue weighted by Crippen LogP contribution is -2.12. The number of carbonyl (C=O) groups is 1. The fourth-order valence-electron chi connectivity index (χ4n) is 1.81. The van der Waals surface area contributed by atoms with Gasteiger partial charge in [0.05, 0.1) is 11.6 Å². The van der Waals surface area contributed by atoms with Gasteiger partial charge < -0.3 is 9.88 Å². The van der Waals surface area contributed by atoms with E-state index in [0.717, 1.165) is 5.13 Å². The average Bonchev–Trinajstić information content (AvgIpc) is 3.18. The van der Waals surface area contributed by atoms with Crippen LogP contribution in [0.1, 0.15) is 16.1 Å². The molecule has 0 saturated heterocycles. The molecular formula is C15H10N4OS. The second kappa shape index (κ2) is 5.61. The fraction of sp³-hybridized carbons (Fsp3) is 0. The van der Waals surface area contributed by atoms with Crippen molar-refractivity contribution in [3.05, 3.63) is 65.4 Å². The molecule has 0 atom stereocenters. The van der Waals surface area contributed by atoms with Gasteiger partial charge in [0.15, 0.2) is 5.13 Å². The molecule has 0 fully saturated rings. The highest BCUT2D eigenvalue weighted by molar-refractivity contribution is 7.12. The Hall–Kier alpha value is -2.91. The molecule has 1 amide bonds. The van der Waals surface area contributed by atoms with Crippen molar-refractivity contribution in [1.29, 1.82) is 5.26 Å². The number of carbonyl (C=O) groups excluding carboxylic acids is 1. The van der Waals surface area contributed by atoms with Crippen LogP contribution in [0.3, 0.4) is 0 Å². The summed E-state index contributed by atoms with van der Waals surface area (Å²) in [6.07, 6.45) is 3.74. The number of thiazole rings is 1. The van der Waals surface area contributed by atoms with Crippen LogP contribution in [0.25, 0.3) is 5.13 Å². The molecular weight excluding hydrogens is 284 g/mol. The quantitative estimate of drug-likeness (QED) is 0.807. The number of nitrogens with one attached hydrogen (secondary N) is 1. The van der Waals surface area contributed by atoms with Crippen LogP contribution in [0.5, 0.6) is 0 Å². The van der Waals surface area contributed by atoms with Crippen molar-refractivity contribution < 1.29 is 4.79 Å². The molecule has 2 aromatic heterocycles. The summed E-state index contributed by atoms with van der Waals surface area (Å²) in [4.78, 5) is 16.4. The Morgan fingerprint density at radius 3 is 2.86 bits per heavy atom. The lowest BCUT2D eigenvalue weighted by molar-refractivity contribution is 0.102. The molecule has 3 aromatic rings. The normalized spacial score (nSPS) is 10.0. The molecule has 0 aliphatic rings. The molecule has 0 aliphatic carbocycles. The highest BCUT2D eigenvalue weighted by Crippen LogP contribution is 2.17. The van der Waals surface area contributed by atoms with Crippen LogP contribution < -0.4 is 5.32 Å². The summed E-state index contributed by atoms with van der Waals surface area (Å²) in [7, 11) is 0. The third kappa shape index (κ3) is 2.83. The van der Waals surface area contributed by atoms with Gasteiger partial charge in [-0.15, -0.1) is 11.3 Å². The zero-order valence-electron chi connectivity index (χ0n) is 10.9. The van der Waals surface area contributed by atoms with Gasteiger partial charge in [-0.05, 0) is 30.3 Å². The van der Waals surface area contributed by atoms with Crippen molar-refractivity contribution in [3.63, 3.8) is 0 Å². The first-order chi connectivity index (χ1) is 10.3.